The van der Waals surface area contributed by atoms with Crippen LogP contribution in [-0.4, -0.2) is 17.0 Å². The fourth-order valence-corrected chi connectivity index (χ4v) is 4.73. The molecule has 146 valence electrons. The van der Waals surface area contributed by atoms with Gasteiger partial charge in [0.2, 0.25) is 0 Å². The Morgan fingerprint density at radius 3 is 2.28 bits per heavy atom. The van der Waals surface area contributed by atoms with Gasteiger partial charge in [0.1, 0.15) is 5.52 Å². The van der Waals surface area contributed by atoms with Crippen molar-refractivity contribution >= 4 is 26.5 Å². The smallest absolute Gasteiger partial charge is 0.275 e. The second kappa shape index (κ2) is 6.90. The van der Waals surface area contributed by atoms with Gasteiger partial charge in [-0.05, 0) is 36.3 Å². The van der Waals surface area contributed by atoms with Crippen LogP contribution in [0.15, 0.2) is 89.3 Å². The van der Waals surface area contributed by atoms with E-state index in [0.717, 1.165) is 20.7 Å². The highest BCUT2D eigenvalue weighted by atomic mass is 32.2. The van der Waals surface area contributed by atoms with Crippen molar-refractivity contribution in [2.75, 3.05) is 0 Å². The summed E-state index contributed by atoms with van der Waals surface area (Å²) in [5.74, 6) is 0. The molecule has 4 aromatic rings. The van der Waals surface area contributed by atoms with E-state index < -0.39 is 10.0 Å². The maximum absolute atomic E-state index is 13.2. The highest BCUT2D eigenvalue weighted by Crippen LogP contribution is 2.29. The highest BCUT2D eigenvalue weighted by Gasteiger charge is 2.23. The molecule has 0 amide bonds. The number of aromatic nitrogens is 2. The molecule has 4 rings (SSSR count). The lowest BCUT2D eigenvalue weighted by molar-refractivity contribution is 0.589. The van der Waals surface area contributed by atoms with E-state index in [2.05, 4.69) is 6.58 Å². The van der Waals surface area contributed by atoms with Gasteiger partial charge in [0.05, 0.1) is 4.90 Å². The zero-order valence-electron chi connectivity index (χ0n) is 16.2. The van der Waals surface area contributed by atoms with Crippen molar-refractivity contribution in [2.24, 2.45) is 7.05 Å². The summed E-state index contributed by atoms with van der Waals surface area (Å²) in [5, 5.41) is 0.553. The molecule has 0 bridgehead atoms. The Morgan fingerprint density at radius 2 is 1.62 bits per heavy atom. The molecule has 0 unspecified atom stereocenters. The van der Waals surface area contributed by atoms with Crippen LogP contribution in [-0.2, 0) is 17.1 Å². The fourth-order valence-electron chi connectivity index (χ4n) is 3.39. The van der Waals surface area contributed by atoms with E-state index in [-0.39, 0.29) is 16.0 Å². The molecule has 0 fully saturated rings. The van der Waals surface area contributed by atoms with E-state index in [1.165, 1.54) is 10.8 Å². The number of aryl methyl sites for hydroxylation is 2. The molecule has 0 N–H and O–H groups in total. The molecule has 0 aliphatic carbocycles. The van der Waals surface area contributed by atoms with Crippen LogP contribution in [0.4, 0.5) is 0 Å². The van der Waals surface area contributed by atoms with Gasteiger partial charge < -0.3 is 4.57 Å². The lowest BCUT2D eigenvalue weighted by Gasteiger charge is -2.12. The normalized spacial score (nSPS) is 11.7. The van der Waals surface area contributed by atoms with Crippen LogP contribution in [0.1, 0.15) is 16.7 Å². The molecule has 0 saturated carbocycles. The zero-order chi connectivity index (χ0) is 20.8. The van der Waals surface area contributed by atoms with Gasteiger partial charge in [-0.15, -0.1) is 0 Å². The summed E-state index contributed by atoms with van der Waals surface area (Å²) in [6.07, 6.45) is 3.13. The van der Waals surface area contributed by atoms with Crippen LogP contribution < -0.4 is 5.56 Å². The van der Waals surface area contributed by atoms with Gasteiger partial charge in [-0.1, -0.05) is 54.6 Å². The summed E-state index contributed by atoms with van der Waals surface area (Å²) >= 11 is 0. The van der Waals surface area contributed by atoms with Gasteiger partial charge in [-0.25, -0.2) is 12.4 Å². The third kappa shape index (κ3) is 3.11. The third-order valence-corrected chi connectivity index (χ3v) is 6.70. The Kier molecular flexibility index (Phi) is 4.51. The van der Waals surface area contributed by atoms with Crippen LogP contribution in [0.25, 0.3) is 16.5 Å². The summed E-state index contributed by atoms with van der Waals surface area (Å²) in [5.41, 5.74) is 3.02. The summed E-state index contributed by atoms with van der Waals surface area (Å²) in [7, 11) is -2.30. The number of pyridine rings is 1. The van der Waals surface area contributed by atoms with E-state index in [9.17, 15) is 13.2 Å². The molecule has 0 atom stereocenters. The first-order valence-corrected chi connectivity index (χ1v) is 10.5. The first-order chi connectivity index (χ1) is 13.8. The fraction of sp³-hybridized carbons (Fsp3) is 0.0870. The Labute approximate surface area is 169 Å². The van der Waals surface area contributed by atoms with Crippen LogP contribution in [0, 0.1) is 6.92 Å². The quantitative estimate of drug-likeness (QED) is 0.517. The van der Waals surface area contributed by atoms with E-state index in [1.807, 2.05) is 37.3 Å². The Bertz CT molecular complexity index is 1390. The molecule has 0 saturated heterocycles. The molecule has 5 nitrogen and oxygen atoms in total. The van der Waals surface area contributed by atoms with Crippen molar-refractivity contribution in [1.82, 2.24) is 8.54 Å². The van der Waals surface area contributed by atoms with Crippen molar-refractivity contribution in [3.63, 3.8) is 0 Å². The second-order valence-electron chi connectivity index (χ2n) is 7.00. The SMILES string of the molecule is C=C(c1ccccc1)c1cn(C)c(=O)c2c1ccn2S(=O)(=O)c1ccc(C)cc1. The van der Waals surface area contributed by atoms with E-state index in [1.54, 1.807) is 43.6 Å². The van der Waals surface area contributed by atoms with Crippen LogP contribution in [0.3, 0.4) is 0 Å². The van der Waals surface area contributed by atoms with Gasteiger partial charge >= 0.3 is 0 Å². The molecule has 6 heteroatoms. The molecule has 2 aromatic carbocycles. The average molecular weight is 404 g/mol. The predicted octanol–water partition coefficient (Wildman–Crippen LogP) is 3.95. The zero-order valence-corrected chi connectivity index (χ0v) is 17.0. The number of hydrogen-bond donors (Lipinski definition) is 0. The summed E-state index contributed by atoms with van der Waals surface area (Å²) in [4.78, 5) is 13.0. The number of benzene rings is 2. The lowest BCUT2D eigenvalue weighted by Crippen LogP contribution is -2.22. The minimum atomic E-state index is -3.91. The molecular weight excluding hydrogens is 384 g/mol. The molecule has 0 spiro atoms. The highest BCUT2D eigenvalue weighted by molar-refractivity contribution is 7.90. The number of rotatable bonds is 4. The molecule has 29 heavy (non-hydrogen) atoms. The standard InChI is InChI=1S/C23H20N2O3S/c1-16-9-11-19(12-10-16)29(27,28)25-14-13-20-21(15-24(3)23(26)22(20)25)17(2)18-7-5-4-6-8-18/h4-15H,2H2,1,3H3. The number of fused-ring (bicyclic) bond motifs is 1. The molecule has 2 heterocycles. The largest absolute Gasteiger partial charge is 0.316 e. The Hall–Kier alpha value is -3.38. The molecule has 0 radical (unpaired) electrons. The topological polar surface area (TPSA) is 61.1 Å². The number of hydrogen-bond acceptors (Lipinski definition) is 3. The Balaban J connectivity index is 1.98. The molecule has 0 aliphatic rings. The third-order valence-electron chi connectivity index (χ3n) is 5.01. The van der Waals surface area contributed by atoms with Gasteiger partial charge in [0, 0.05) is 30.4 Å². The molecule has 2 aromatic heterocycles. The Morgan fingerprint density at radius 1 is 0.966 bits per heavy atom. The minimum absolute atomic E-state index is 0.114. The van der Waals surface area contributed by atoms with Crippen molar-refractivity contribution in [1.29, 1.82) is 0 Å². The molecule has 0 aliphatic heterocycles. The summed E-state index contributed by atoms with van der Waals surface area (Å²) in [6.45, 7) is 6.07. The average Bonchev–Trinajstić information content (AvgIpc) is 3.17. The summed E-state index contributed by atoms with van der Waals surface area (Å²) < 4.78 is 28.9. The lowest BCUT2D eigenvalue weighted by atomic mass is 9.98. The van der Waals surface area contributed by atoms with E-state index in [0.29, 0.717) is 10.9 Å². The van der Waals surface area contributed by atoms with Gasteiger partial charge in [-0.2, -0.15) is 0 Å². The van der Waals surface area contributed by atoms with Crippen LogP contribution in [0.2, 0.25) is 0 Å². The summed E-state index contributed by atoms with van der Waals surface area (Å²) in [6, 6.07) is 17.8. The second-order valence-corrected chi connectivity index (χ2v) is 8.81. The van der Waals surface area contributed by atoms with Crippen molar-refractivity contribution < 1.29 is 8.42 Å². The maximum Gasteiger partial charge on any atom is 0.275 e. The van der Waals surface area contributed by atoms with E-state index >= 15 is 0 Å². The number of nitrogens with zero attached hydrogens (tertiary/aromatic N) is 2. The first kappa shape index (κ1) is 19.0. The maximum atomic E-state index is 13.2. The van der Waals surface area contributed by atoms with Gasteiger partial charge in [0.15, 0.2) is 0 Å². The molecular formula is C23H20N2O3S. The minimum Gasteiger partial charge on any atom is -0.316 e. The van der Waals surface area contributed by atoms with Gasteiger partial charge in [-0.3, -0.25) is 4.79 Å². The van der Waals surface area contributed by atoms with Crippen molar-refractivity contribution in [3.8, 4) is 0 Å². The predicted molar refractivity (Wildman–Crippen MR) is 116 cm³/mol. The first-order valence-electron chi connectivity index (χ1n) is 9.08. The van der Waals surface area contributed by atoms with E-state index in [4.69, 9.17) is 0 Å². The van der Waals surface area contributed by atoms with Crippen molar-refractivity contribution in [2.45, 2.75) is 11.8 Å². The van der Waals surface area contributed by atoms with Crippen molar-refractivity contribution in [3.05, 3.63) is 107 Å². The van der Waals surface area contributed by atoms with Gasteiger partial charge in [0.25, 0.3) is 15.6 Å². The van der Waals surface area contributed by atoms with Crippen LogP contribution >= 0.6 is 0 Å². The van der Waals surface area contributed by atoms with Crippen LogP contribution in [0.5, 0.6) is 0 Å². The monoisotopic (exact) mass is 404 g/mol.